The second-order valence-corrected chi connectivity index (χ2v) is 8.02. The normalized spacial score (nSPS) is 10.7. The van der Waals surface area contributed by atoms with E-state index < -0.39 is 17.7 Å². The third-order valence-corrected chi connectivity index (χ3v) is 5.44. The summed E-state index contributed by atoms with van der Waals surface area (Å²) in [6, 6.07) is 11.9. The molecular weight excluding hydrogens is 508 g/mol. The molecule has 192 valence electrons. The summed E-state index contributed by atoms with van der Waals surface area (Å²) in [6.45, 7) is 0.776. The molecule has 1 heterocycles. The first-order chi connectivity index (χ1) is 17.9. The van der Waals surface area contributed by atoms with Crippen molar-refractivity contribution in [1.29, 1.82) is 0 Å². The van der Waals surface area contributed by atoms with Gasteiger partial charge in [-0.2, -0.15) is 0 Å². The van der Waals surface area contributed by atoms with E-state index in [-0.39, 0.29) is 16.4 Å². The first-order valence-electron chi connectivity index (χ1n) is 11.0. The molecule has 0 spiro atoms. The van der Waals surface area contributed by atoms with Crippen molar-refractivity contribution >= 4 is 39.9 Å². The maximum Gasteiger partial charge on any atom is 0.323 e. The first kappa shape index (κ1) is 25.9. The van der Waals surface area contributed by atoms with Crippen LogP contribution < -0.4 is 24.8 Å². The highest BCUT2D eigenvalue weighted by atomic mass is 35.5. The molecule has 0 fully saturated rings. The monoisotopic (exact) mass is 529 g/mol. The van der Waals surface area contributed by atoms with Gasteiger partial charge in [-0.15, -0.1) is 0 Å². The summed E-state index contributed by atoms with van der Waals surface area (Å²) in [4.78, 5) is 16.6. The summed E-state index contributed by atoms with van der Waals surface area (Å²) in [5, 5.41) is 5.67. The van der Waals surface area contributed by atoms with Crippen molar-refractivity contribution in [3.63, 3.8) is 0 Å². The van der Waals surface area contributed by atoms with E-state index in [1.807, 2.05) is 0 Å². The Labute approximate surface area is 216 Å². The Morgan fingerprint density at radius 2 is 1.70 bits per heavy atom. The molecule has 0 saturated heterocycles. The molecular formula is C26H22ClF2N3O5. The van der Waals surface area contributed by atoms with Gasteiger partial charge >= 0.3 is 6.03 Å². The van der Waals surface area contributed by atoms with Gasteiger partial charge in [0.05, 0.1) is 35.6 Å². The van der Waals surface area contributed by atoms with Crippen LogP contribution in [0.3, 0.4) is 0 Å². The van der Waals surface area contributed by atoms with Crippen LogP contribution in [0.2, 0.25) is 5.02 Å². The first-order valence-corrected chi connectivity index (χ1v) is 11.3. The van der Waals surface area contributed by atoms with Gasteiger partial charge in [0, 0.05) is 36.9 Å². The van der Waals surface area contributed by atoms with Crippen LogP contribution in [-0.4, -0.2) is 38.4 Å². The maximum atomic E-state index is 13.8. The predicted octanol–water partition coefficient (Wildman–Crippen LogP) is 6.64. The standard InChI is InChI=1S/C26H22ClF2N3O5/c1-34-9-10-36-25-14-22-17(13-24(25)35-2)23(7-8-30-22)37-16-4-6-20(18(27)12-16)31-26(33)32-21-5-3-15(28)11-19(21)29/h3-8,11-14H,9-10H2,1-2H3,(H2,31,32,33). The smallest absolute Gasteiger partial charge is 0.323 e. The minimum absolute atomic E-state index is 0.178. The number of ether oxygens (including phenoxy) is 4. The Kier molecular flexibility index (Phi) is 8.22. The highest BCUT2D eigenvalue weighted by Crippen LogP contribution is 2.38. The van der Waals surface area contributed by atoms with Crippen LogP contribution in [0.1, 0.15) is 0 Å². The van der Waals surface area contributed by atoms with E-state index in [4.69, 9.17) is 30.5 Å². The van der Waals surface area contributed by atoms with Crippen molar-refractivity contribution in [2.24, 2.45) is 0 Å². The molecule has 2 N–H and O–H groups in total. The minimum atomic E-state index is -0.903. The zero-order valence-electron chi connectivity index (χ0n) is 19.8. The molecule has 0 radical (unpaired) electrons. The maximum absolute atomic E-state index is 13.8. The summed E-state index contributed by atoms with van der Waals surface area (Å²) < 4.78 is 49.1. The lowest BCUT2D eigenvalue weighted by molar-refractivity contribution is 0.144. The van der Waals surface area contributed by atoms with Gasteiger partial charge in [-0.1, -0.05) is 11.6 Å². The molecule has 0 aliphatic heterocycles. The van der Waals surface area contributed by atoms with Gasteiger partial charge in [-0.05, 0) is 36.4 Å². The van der Waals surface area contributed by atoms with Crippen LogP contribution in [0.15, 0.2) is 60.8 Å². The zero-order valence-corrected chi connectivity index (χ0v) is 20.6. The molecule has 1 aromatic heterocycles. The number of carbonyl (C=O) groups excluding carboxylic acids is 1. The zero-order chi connectivity index (χ0) is 26.4. The van der Waals surface area contributed by atoms with Gasteiger partial charge in [0.15, 0.2) is 11.5 Å². The lowest BCUT2D eigenvalue weighted by atomic mass is 10.1. The van der Waals surface area contributed by atoms with Crippen molar-refractivity contribution < 1.29 is 32.5 Å². The number of hydrogen-bond acceptors (Lipinski definition) is 6. The number of hydrogen-bond donors (Lipinski definition) is 2. The molecule has 0 saturated carbocycles. The van der Waals surface area contributed by atoms with Crippen LogP contribution >= 0.6 is 11.6 Å². The van der Waals surface area contributed by atoms with E-state index in [0.717, 1.165) is 12.1 Å². The van der Waals surface area contributed by atoms with Crippen LogP contribution in [0.5, 0.6) is 23.0 Å². The molecule has 4 rings (SSSR count). The molecule has 37 heavy (non-hydrogen) atoms. The van der Waals surface area contributed by atoms with E-state index in [1.54, 1.807) is 37.6 Å². The fraction of sp³-hybridized carbons (Fsp3) is 0.154. The minimum Gasteiger partial charge on any atom is -0.493 e. The Balaban J connectivity index is 1.50. The number of fused-ring (bicyclic) bond motifs is 1. The van der Waals surface area contributed by atoms with E-state index in [9.17, 15) is 13.6 Å². The quantitative estimate of drug-likeness (QED) is 0.236. The molecule has 0 aliphatic carbocycles. The SMILES string of the molecule is COCCOc1cc2nccc(Oc3ccc(NC(=O)Nc4ccc(F)cc4F)c(Cl)c3)c2cc1OC. The van der Waals surface area contributed by atoms with Crippen molar-refractivity contribution in [2.75, 3.05) is 38.1 Å². The molecule has 0 bridgehead atoms. The number of anilines is 2. The molecule has 3 aromatic carbocycles. The van der Waals surface area contributed by atoms with Crippen LogP contribution in [0.25, 0.3) is 10.9 Å². The Bertz CT molecular complexity index is 1440. The average molecular weight is 530 g/mol. The predicted molar refractivity (Wildman–Crippen MR) is 136 cm³/mol. The fourth-order valence-corrected chi connectivity index (χ4v) is 3.60. The number of urea groups is 1. The van der Waals surface area contributed by atoms with E-state index >= 15 is 0 Å². The molecule has 0 aliphatic rings. The van der Waals surface area contributed by atoms with E-state index in [1.165, 1.54) is 19.2 Å². The molecule has 2 amide bonds. The number of rotatable bonds is 9. The lowest BCUT2D eigenvalue weighted by Crippen LogP contribution is -2.20. The highest BCUT2D eigenvalue weighted by molar-refractivity contribution is 6.34. The van der Waals surface area contributed by atoms with Gasteiger partial charge in [-0.25, -0.2) is 13.6 Å². The van der Waals surface area contributed by atoms with Crippen LogP contribution in [-0.2, 0) is 4.74 Å². The third-order valence-electron chi connectivity index (χ3n) is 5.13. The van der Waals surface area contributed by atoms with E-state index in [0.29, 0.717) is 53.2 Å². The van der Waals surface area contributed by atoms with Crippen LogP contribution in [0.4, 0.5) is 25.0 Å². The van der Waals surface area contributed by atoms with Crippen molar-refractivity contribution in [2.45, 2.75) is 0 Å². The second-order valence-electron chi connectivity index (χ2n) is 7.62. The number of pyridine rings is 1. The third kappa shape index (κ3) is 6.35. The van der Waals surface area contributed by atoms with Crippen molar-refractivity contribution in [3.8, 4) is 23.0 Å². The Morgan fingerprint density at radius 1 is 0.919 bits per heavy atom. The van der Waals surface area contributed by atoms with Gasteiger partial charge in [0.1, 0.15) is 29.7 Å². The molecule has 8 nitrogen and oxygen atoms in total. The number of halogens is 3. The summed E-state index contributed by atoms with van der Waals surface area (Å²) >= 11 is 6.34. The lowest BCUT2D eigenvalue weighted by Gasteiger charge is -2.14. The molecule has 11 heteroatoms. The summed E-state index contributed by atoms with van der Waals surface area (Å²) in [6.07, 6.45) is 1.60. The fourth-order valence-electron chi connectivity index (χ4n) is 3.38. The average Bonchev–Trinajstić information content (AvgIpc) is 2.87. The van der Waals surface area contributed by atoms with Crippen molar-refractivity contribution in [3.05, 3.63) is 77.5 Å². The number of carbonyl (C=O) groups is 1. The second kappa shape index (κ2) is 11.7. The highest BCUT2D eigenvalue weighted by Gasteiger charge is 2.14. The number of amides is 2. The molecule has 4 aromatic rings. The van der Waals surface area contributed by atoms with Crippen LogP contribution in [0, 0.1) is 11.6 Å². The Morgan fingerprint density at radius 3 is 2.43 bits per heavy atom. The summed E-state index contributed by atoms with van der Waals surface area (Å²) in [5.74, 6) is 0.260. The topological polar surface area (TPSA) is 90.9 Å². The number of aromatic nitrogens is 1. The summed E-state index contributed by atoms with van der Waals surface area (Å²) in [7, 11) is 3.12. The number of benzene rings is 3. The molecule has 0 atom stereocenters. The number of methoxy groups -OCH3 is 2. The largest absolute Gasteiger partial charge is 0.493 e. The number of nitrogens with zero attached hydrogens (tertiary/aromatic N) is 1. The van der Waals surface area contributed by atoms with Gasteiger partial charge in [0.2, 0.25) is 0 Å². The molecule has 0 unspecified atom stereocenters. The summed E-state index contributed by atoms with van der Waals surface area (Å²) in [5.41, 5.74) is 0.704. The van der Waals surface area contributed by atoms with Gasteiger partial charge < -0.3 is 29.6 Å². The van der Waals surface area contributed by atoms with Crippen molar-refractivity contribution in [1.82, 2.24) is 4.98 Å². The number of nitrogens with one attached hydrogen (secondary N) is 2. The van der Waals surface area contributed by atoms with Gasteiger partial charge in [0.25, 0.3) is 0 Å². The van der Waals surface area contributed by atoms with Gasteiger partial charge in [-0.3, -0.25) is 4.98 Å². The Hall–Kier alpha value is -4.15. The van der Waals surface area contributed by atoms with E-state index in [2.05, 4.69) is 15.6 Å².